The molecule has 0 bridgehead atoms. The van der Waals surface area contributed by atoms with Crippen molar-refractivity contribution in [1.29, 1.82) is 0 Å². The normalized spacial score (nSPS) is 10.7. The van der Waals surface area contributed by atoms with Gasteiger partial charge < -0.3 is 9.72 Å². The highest BCUT2D eigenvalue weighted by atomic mass is 35.5. The third-order valence-corrected chi connectivity index (χ3v) is 3.22. The second-order valence-electron chi connectivity index (χ2n) is 4.08. The number of ether oxygens (including phenoxy) is 1. The molecule has 0 aliphatic carbocycles. The van der Waals surface area contributed by atoms with Crippen LogP contribution in [0.3, 0.4) is 0 Å². The van der Waals surface area contributed by atoms with Crippen molar-refractivity contribution in [3.63, 3.8) is 0 Å². The van der Waals surface area contributed by atoms with Gasteiger partial charge in [0.2, 0.25) is 0 Å². The lowest BCUT2D eigenvalue weighted by Crippen LogP contribution is -1.96. The lowest BCUT2D eigenvalue weighted by molar-refractivity contribution is 0.308. The molecule has 1 heterocycles. The van der Waals surface area contributed by atoms with Crippen LogP contribution in [0.1, 0.15) is 5.56 Å². The number of aromatic amines is 1. The second-order valence-corrected chi connectivity index (χ2v) is 4.48. The van der Waals surface area contributed by atoms with Crippen molar-refractivity contribution in [3.05, 3.63) is 65.3 Å². The number of H-pyrrole nitrogens is 1. The van der Waals surface area contributed by atoms with Crippen LogP contribution in [0.15, 0.2) is 54.7 Å². The van der Waals surface area contributed by atoms with Gasteiger partial charge in [-0.05, 0) is 29.8 Å². The molecule has 0 radical (unpaired) electrons. The first kappa shape index (κ1) is 11.2. The molecule has 0 amide bonds. The molecule has 0 aliphatic rings. The van der Waals surface area contributed by atoms with Crippen LogP contribution in [0.4, 0.5) is 0 Å². The van der Waals surface area contributed by atoms with Crippen molar-refractivity contribution in [2.24, 2.45) is 0 Å². The lowest BCUT2D eigenvalue weighted by atomic mass is 10.1. The van der Waals surface area contributed by atoms with Crippen LogP contribution in [0.25, 0.3) is 10.9 Å². The third-order valence-electron chi connectivity index (χ3n) is 2.91. The first-order valence-corrected chi connectivity index (χ1v) is 6.15. The summed E-state index contributed by atoms with van der Waals surface area (Å²) in [5.41, 5.74) is 2.27. The fourth-order valence-electron chi connectivity index (χ4n) is 1.99. The summed E-state index contributed by atoms with van der Waals surface area (Å²) >= 11 is 6.06. The van der Waals surface area contributed by atoms with E-state index in [0.29, 0.717) is 17.4 Å². The molecule has 0 aliphatic heterocycles. The van der Waals surface area contributed by atoms with Crippen molar-refractivity contribution in [3.8, 4) is 5.75 Å². The van der Waals surface area contributed by atoms with Crippen molar-refractivity contribution in [2.75, 3.05) is 0 Å². The van der Waals surface area contributed by atoms with Crippen molar-refractivity contribution < 1.29 is 4.74 Å². The fraction of sp³-hybridized carbons (Fsp3) is 0.0667. The van der Waals surface area contributed by atoms with Gasteiger partial charge in [-0.25, -0.2) is 0 Å². The molecule has 90 valence electrons. The summed E-state index contributed by atoms with van der Waals surface area (Å²) in [5.74, 6) is 0.715. The molecule has 0 saturated carbocycles. The smallest absolute Gasteiger partial charge is 0.138 e. The Hall–Kier alpha value is -1.93. The van der Waals surface area contributed by atoms with Gasteiger partial charge in [0.25, 0.3) is 0 Å². The average molecular weight is 258 g/mol. The number of nitrogens with one attached hydrogen (secondary N) is 1. The molecule has 3 aromatic rings. The Labute approximate surface area is 110 Å². The lowest BCUT2D eigenvalue weighted by Gasteiger charge is -2.08. The van der Waals surface area contributed by atoms with Gasteiger partial charge in [-0.15, -0.1) is 0 Å². The predicted molar refractivity (Wildman–Crippen MR) is 74.1 cm³/mol. The zero-order chi connectivity index (χ0) is 12.4. The van der Waals surface area contributed by atoms with E-state index < -0.39 is 0 Å². The highest BCUT2D eigenvalue weighted by molar-refractivity contribution is 6.32. The summed E-state index contributed by atoms with van der Waals surface area (Å²) < 4.78 is 5.75. The SMILES string of the molecule is Clc1ccccc1OCc1cccc2[nH]ccc12. The van der Waals surface area contributed by atoms with Gasteiger partial charge in [-0.2, -0.15) is 0 Å². The molecular weight excluding hydrogens is 246 g/mol. The topological polar surface area (TPSA) is 25.0 Å². The maximum absolute atomic E-state index is 6.06. The van der Waals surface area contributed by atoms with Gasteiger partial charge in [0.1, 0.15) is 12.4 Å². The molecule has 0 fully saturated rings. The molecule has 0 spiro atoms. The maximum Gasteiger partial charge on any atom is 0.138 e. The van der Waals surface area contributed by atoms with Crippen LogP contribution in [0.5, 0.6) is 5.75 Å². The molecular formula is C15H12ClNO. The molecule has 2 aromatic carbocycles. The number of hydrogen-bond acceptors (Lipinski definition) is 1. The summed E-state index contributed by atoms with van der Waals surface area (Å²) in [6.07, 6.45) is 1.93. The van der Waals surface area contributed by atoms with E-state index in [0.717, 1.165) is 11.1 Å². The molecule has 1 N–H and O–H groups in total. The van der Waals surface area contributed by atoms with Gasteiger partial charge in [-0.1, -0.05) is 35.9 Å². The van der Waals surface area contributed by atoms with Crippen LogP contribution < -0.4 is 4.74 Å². The number of benzene rings is 2. The quantitative estimate of drug-likeness (QED) is 0.739. The number of aromatic nitrogens is 1. The summed E-state index contributed by atoms with van der Waals surface area (Å²) in [6, 6.07) is 15.7. The van der Waals surface area contributed by atoms with Crippen LogP contribution in [0, 0.1) is 0 Å². The van der Waals surface area contributed by atoms with E-state index in [9.17, 15) is 0 Å². The molecule has 0 atom stereocenters. The molecule has 0 saturated heterocycles. The fourth-order valence-corrected chi connectivity index (χ4v) is 2.18. The number of halogens is 1. The first-order valence-electron chi connectivity index (χ1n) is 5.77. The molecule has 2 nitrogen and oxygen atoms in total. The zero-order valence-corrected chi connectivity index (χ0v) is 10.4. The highest BCUT2D eigenvalue weighted by Crippen LogP contribution is 2.25. The maximum atomic E-state index is 6.06. The Bertz CT molecular complexity index is 675. The van der Waals surface area contributed by atoms with Gasteiger partial charge in [-0.3, -0.25) is 0 Å². The zero-order valence-electron chi connectivity index (χ0n) is 9.69. The van der Waals surface area contributed by atoms with Gasteiger partial charge in [0, 0.05) is 17.1 Å². The van der Waals surface area contributed by atoms with Crippen LogP contribution >= 0.6 is 11.6 Å². The molecule has 18 heavy (non-hydrogen) atoms. The Kier molecular flexibility index (Phi) is 2.95. The van der Waals surface area contributed by atoms with Crippen LogP contribution in [-0.4, -0.2) is 4.98 Å². The van der Waals surface area contributed by atoms with E-state index in [4.69, 9.17) is 16.3 Å². The second kappa shape index (κ2) is 4.75. The van der Waals surface area contributed by atoms with Crippen molar-refractivity contribution >= 4 is 22.5 Å². The highest BCUT2D eigenvalue weighted by Gasteiger charge is 2.04. The van der Waals surface area contributed by atoms with Gasteiger partial charge >= 0.3 is 0 Å². The van der Waals surface area contributed by atoms with Gasteiger partial charge in [0.05, 0.1) is 5.02 Å². The molecule has 3 heteroatoms. The third kappa shape index (κ3) is 2.07. The van der Waals surface area contributed by atoms with E-state index in [-0.39, 0.29) is 0 Å². The Morgan fingerprint density at radius 2 is 1.89 bits per heavy atom. The minimum Gasteiger partial charge on any atom is -0.487 e. The predicted octanol–water partition coefficient (Wildman–Crippen LogP) is 4.40. The summed E-state index contributed by atoms with van der Waals surface area (Å²) in [7, 11) is 0. The van der Waals surface area contributed by atoms with E-state index >= 15 is 0 Å². The van der Waals surface area contributed by atoms with E-state index in [2.05, 4.69) is 17.1 Å². The summed E-state index contributed by atoms with van der Waals surface area (Å²) in [6.45, 7) is 0.513. The molecule has 0 unspecified atom stereocenters. The average Bonchev–Trinajstić information content (AvgIpc) is 2.86. The minimum absolute atomic E-state index is 0.513. The number of hydrogen-bond donors (Lipinski definition) is 1. The number of fused-ring (bicyclic) bond motifs is 1. The number of para-hydroxylation sites is 1. The van der Waals surface area contributed by atoms with Crippen LogP contribution in [-0.2, 0) is 6.61 Å². The Morgan fingerprint density at radius 1 is 1.00 bits per heavy atom. The monoisotopic (exact) mass is 257 g/mol. The van der Waals surface area contributed by atoms with E-state index in [1.807, 2.05) is 42.6 Å². The first-order chi connectivity index (χ1) is 8.84. The van der Waals surface area contributed by atoms with E-state index in [1.54, 1.807) is 0 Å². The largest absolute Gasteiger partial charge is 0.487 e. The Balaban J connectivity index is 1.85. The van der Waals surface area contributed by atoms with E-state index in [1.165, 1.54) is 5.39 Å². The van der Waals surface area contributed by atoms with Crippen molar-refractivity contribution in [1.82, 2.24) is 4.98 Å². The van der Waals surface area contributed by atoms with Crippen molar-refractivity contribution in [2.45, 2.75) is 6.61 Å². The Morgan fingerprint density at radius 3 is 2.78 bits per heavy atom. The summed E-state index contributed by atoms with van der Waals surface area (Å²) in [4.78, 5) is 3.19. The summed E-state index contributed by atoms with van der Waals surface area (Å²) in [5, 5.41) is 1.82. The number of rotatable bonds is 3. The molecule has 3 rings (SSSR count). The van der Waals surface area contributed by atoms with Gasteiger partial charge in [0.15, 0.2) is 0 Å². The molecule has 1 aromatic heterocycles. The minimum atomic E-state index is 0.513. The standard InChI is InChI=1S/C15H12ClNO/c16-13-5-1-2-7-15(13)18-10-11-4-3-6-14-12(11)8-9-17-14/h1-9,17H,10H2. The van der Waals surface area contributed by atoms with Crippen LogP contribution in [0.2, 0.25) is 5.02 Å².